The fourth-order valence-corrected chi connectivity index (χ4v) is 4.84. The molecule has 3 rings (SSSR count). The van der Waals surface area contributed by atoms with Crippen LogP contribution in [0.25, 0.3) is 0 Å². The number of aliphatic hydroxyl groups is 1. The highest BCUT2D eigenvalue weighted by molar-refractivity contribution is 6.32. The lowest BCUT2D eigenvalue weighted by Crippen LogP contribution is -2.51. The van der Waals surface area contributed by atoms with Gasteiger partial charge in [0.25, 0.3) is 0 Å². The lowest BCUT2D eigenvalue weighted by molar-refractivity contribution is -0.142. The van der Waals surface area contributed by atoms with Crippen LogP contribution in [0.3, 0.4) is 0 Å². The van der Waals surface area contributed by atoms with Gasteiger partial charge in [0.1, 0.15) is 5.75 Å². The Morgan fingerprint density at radius 3 is 2.39 bits per heavy atom. The molecule has 1 aromatic carbocycles. The maximum atomic E-state index is 13.2. The van der Waals surface area contributed by atoms with E-state index in [1.54, 1.807) is 0 Å². The normalized spacial score (nSPS) is 22.5. The molecule has 0 aromatic heterocycles. The Bertz CT molecular complexity index is 784. The maximum Gasteiger partial charge on any atom is 0.223 e. The number of carbonyl (C=O) groups excluding carboxylic acids is 2. The summed E-state index contributed by atoms with van der Waals surface area (Å²) < 4.78 is 6.23. The Balaban J connectivity index is 1.77. The summed E-state index contributed by atoms with van der Waals surface area (Å²) >= 11 is 6.29. The predicted octanol–water partition coefficient (Wildman–Crippen LogP) is 3.73. The van der Waals surface area contributed by atoms with Gasteiger partial charge in [-0.15, -0.1) is 0 Å². The van der Waals surface area contributed by atoms with Crippen molar-refractivity contribution in [3.63, 3.8) is 0 Å². The van der Waals surface area contributed by atoms with Crippen LogP contribution in [0, 0.1) is 19.3 Å². The largest absolute Gasteiger partial charge is 0.493 e. The molecule has 0 spiro atoms. The number of halogens is 1. The molecule has 0 radical (unpaired) electrons. The Hall–Kier alpha value is -1.79. The molecule has 0 saturated carbocycles. The van der Waals surface area contributed by atoms with Crippen LogP contribution >= 0.6 is 11.6 Å². The zero-order chi connectivity index (χ0) is 22.6. The zero-order valence-corrected chi connectivity index (χ0v) is 19.7. The summed E-state index contributed by atoms with van der Waals surface area (Å²) in [6.07, 6.45) is 3.45. The van der Waals surface area contributed by atoms with Gasteiger partial charge in [-0.05, 0) is 62.8 Å². The topological polar surface area (TPSA) is 70.1 Å². The SMILES string of the molecule is CCC(=O)N1CCC[C@](COc2cc(C)c(Cl)c(C)c2)(CC(=O)N2CCC(O)CC2)C1. The maximum absolute atomic E-state index is 13.2. The van der Waals surface area contributed by atoms with Crippen molar-refractivity contribution >= 4 is 23.4 Å². The molecule has 2 fully saturated rings. The van der Waals surface area contributed by atoms with Gasteiger partial charge < -0.3 is 19.6 Å². The second kappa shape index (κ2) is 10.2. The van der Waals surface area contributed by atoms with Crippen molar-refractivity contribution in [3.8, 4) is 5.75 Å². The fraction of sp³-hybridized carbons (Fsp3) is 0.667. The van der Waals surface area contributed by atoms with E-state index in [2.05, 4.69) is 0 Å². The van der Waals surface area contributed by atoms with Gasteiger partial charge in [-0.25, -0.2) is 0 Å². The highest BCUT2D eigenvalue weighted by Crippen LogP contribution is 2.36. The first-order chi connectivity index (χ1) is 14.7. The molecule has 0 aliphatic carbocycles. The molecular weight excluding hydrogens is 416 g/mol. The average Bonchev–Trinajstić information content (AvgIpc) is 2.76. The minimum atomic E-state index is -0.419. The summed E-state index contributed by atoms with van der Waals surface area (Å²) in [5, 5.41) is 10.5. The van der Waals surface area contributed by atoms with Crippen LogP contribution < -0.4 is 4.74 Å². The summed E-state index contributed by atoms with van der Waals surface area (Å²) in [5.41, 5.74) is 1.50. The number of aryl methyl sites for hydroxylation is 2. The van der Waals surface area contributed by atoms with E-state index < -0.39 is 5.41 Å². The number of benzene rings is 1. The standard InChI is InChI=1S/C24H35ClN2O4/c1-4-21(29)27-9-5-8-24(15-27,14-22(30)26-10-6-19(28)7-11-26)16-31-20-12-17(2)23(25)18(3)13-20/h12-13,19,28H,4-11,14-16H2,1-3H3/t24-/m0/s1. The van der Waals surface area contributed by atoms with Crippen molar-refractivity contribution in [3.05, 3.63) is 28.3 Å². The minimum Gasteiger partial charge on any atom is -0.493 e. The number of likely N-dealkylation sites (tertiary alicyclic amines) is 2. The Morgan fingerprint density at radius 1 is 1.13 bits per heavy atom. The molecule has 31 heavy (non-hydrogen) atoms. The third-order valence-corrected chi connectivity index (χ3v) is 7.21. The molecule has 6 nitrogen and oxygen atoms in total. The first-order valence-corrected chi connectivity index (χ1v) is 11.7. The minimum absolute atomic E-state index is 0.0877. The zero-order valence-electron chi connectivity index (χ0n) is 19.0. The number of ether oxygens (including phenoxy) is 1. The van der Waals surface area contributed by atoms with Crippen molar-refractivity contribution in [2.75, 3.05) is 32.8 Å². The summed E-state index contributed by atoms with van der Waals surface area (Å²) in [7, 11) is 0. The highest BCUT2D eigenvalue weighted by atomic mass is 35.5. The van der Waals surface area contributed by atoms with Crippen LogP contribution in [0.4, 0.5) is 0 Å². The third-order valence-electron chi connectivity index (χ3n) is 6.61. The number of amides is 2. The molecule has 172 valence electrons. The average molecular weight is 451 g/mol. The number of carbonyl (C=O) groups is 2. The summed E-state index contributed by atoms with van der Waals surface area (Å²) in [6.45, 7) is 8.60. The van der Waals surface area contributed by atoms with E-state index in [0.29, 0.717) is 51.9 Å². The van der Waals surface area contributed by atoms with Crippen molar-refractivity contribution in [2.24, 2.45) is 5.41 Å². The Kier molecular flexibility index (Phi) is 7.87. The summed E-state index contributed by atoms with van der Waals surface area (Å²) in [5.74, 6) is 0.951. The van der Waals surface area contributed by atoms with E-state index in [0.717, 1.165) is 41.3 Å². The molecular formula is C24H35ClN2O4. The number of aliphatic hydroxyl groups excluding tert-OH is 1. The number of nitrogens with zero attached hydrogens (tertiary/aromatic N) is 2. The highest BCUT2D eigenvalue weighted by Gasteiger charge is 2.41. The molecule has 2 amide bonds. The first kappa shape index (κ1) is 23.9. The Morgan fingerprint density at radius 2 is 1.77 bits per heavy atom. The van der Waals surface area contributed by atoms with Crippen LogP contribution in [-0.4, -0.2) is 65.6 Å². The molecule has 1 aromatic rings. The fourth-order valence-electron chi connectivity index (χ4n) is 4.73. The first-order valence-electron chi connectivity index (χ1n) is 11.4. The van der Waals surface area contributed by atoms with E-state index in [1.165, 1.54) is 0 Å². The van der Waals surface area contributed by atoms with Crippen LogP contribution in [0.1, 0.15) is 56.6 Å². The van der Waals surface area contributed by atoms with Gasteiger partial charge in [-0.2, -0.15) is 0 Å². The van der Waals surface area contributed by atoms with Crippen molar-refractivity contribution in [1.29, 1.82) is 0 Å². The quantitative estimate of drug-likeness (QED) is 0.716. The van der Waals surface area contributed by atoms with Crippen LogP contribution in [0.15, 0.2) is 12.1 Å². The summed E-state index contributed by atoms with van der Waals surface area (Å²) in [4.78, 5) is 29.3. The lowest BCUT2D eigenvalue weighted by atomic mass is 9.77. The monoisotopic (exact) mass is 450 g/mol. The second-order valence-electron chi connectivity index (χ2n) is 9.22. The van der Waals surface area contributed by atoms with Gasteiger partial charge in [-0.1, -0.05) is 18.5 Å². The molecule has 7 heteroatoms. The molecule has 2 saturated heterocycles. The van der Waals surface area contributed by atoms with Gasteiger partial charge in [0.05, 0.1) is 12.7 Å². The lowest BCUT2D eigenvalue weighted by Gasteiger charge is -2.43. The van der Waals surface area contributed by atoms with E-state index >= 15 is 0 Å². The number of rotatable bonds is 6. The summed E-state index contributed by atoms with van der Waals surface area (Å²) in [6, 6.07) is 3.85. The molecule has 2 aliphatic rings. The molecule has 2 aliphatic heterocycles. The smallest absolute Gasteiger partial charge is 0.223 e. The molecule has 1 atom stereocenters. The van der Waals surface area contributed by atoms with E-state index in [-0.39, 0.29) is 17.9 Å². The van der Waals surface area contributed by atoms with Crippen molar-refractivity contribution in [2.45, 2.75) is 65.4 Å². The number of piperidine rings is 2. The van der Waals surface area contributed by atoms with Crippen LogP contribution in [0.5, 0.6) is 5.75 Å². The van der Waals surface area contributed by atoms with Crippen LogP contribution in [0.2, 0.25) is 5.02 Å². The second-order valence-corrected chi connectivity index (χ2v) is 9.60. The molecule has 2 heterocycles. The predicted molar refractivity (Wildman–Crippen MR) is 121 cm³/mol. The van der Waals surface area contributed by atoms with Crippen LogP contribution in [-0.2, 0) is 9.59 Å². The van der Waals surface area contributed by atoms with Crippen molar-refractivity contribution < 1.29 is 19.4 Å². The van der Waals surface area contributed by atoms with E-state index in [9.17, 15) is 14.7 Å². The third kappa shape index (κ3) is 5.92. The van der Waals surface area contributed by atoms with Gasteiger partial charge in [-0.3, -0.25) is 9.59 Å². The molecule has 0 bridgehead atoms. The van der Waals surface area contributed by atoms with Gasteiger partial charge in [0.15, 0.2) is 0 Å². The number of hydrogen-bond donors (Lipinski definition) is 1. The van der Waals surface area contributed by atoms with Crippen molar-refractivity contribution in [1.82, 2.24) is 9.80 Å². The van der Waals surface area contributed by atoms with E-state index in [4.69, 9.17) is 16.3 Å². The number of hydrogen-bond acceptors (Lipinski definition) is 4. The molecule has 1 N–H and O–H groups in total. The molecule has 0 unspecified atom stereocenters. The van der Waals surface area contributed by atoms with E-state index in [1.807, 2.05) is 42.7 Å². The van der Waals surface area contributed by atoms with Gasteiger partial charge >= 0.3 is 0 Å². The van der Waals surface area contributed by atoms with Gasteiger partial charge in [0, 0.05) is 49.5 Å². The van der Waals surface area contributed by atoms with Gasteiger partial charge in [0.2, 0.25) is 11.8 Å². The Labute approximate surface area is 190 Å².